The van der Waals surface area contributed by atoms with Gasteiger partial charge in [0, 0.05) is 11.3 Å². The second-order valence-electron chi connectivity index (χ2n) is 6.29. The Hall–Kier alpha value is 0.0700. The van der Waals surface area contributed by atoms with Crippen molar-refractivity contribution in [3.8, 4) is 0 Å². The number of rotatable bonds is 4. The maximum absolute atomic E-state index is 12.1. The number of thioether (sulfide) groups is 1. The van der Waals surface area contributed by atoms with Crippen molar-refractivity contribution < 1.29 is 4.79 Å². The molecule has 1 saturated carbocycles. The van der Waals surface area contributed by atoms with E-state index in [-0.39, 0.29) is 23.7 Å². The van der Waals surface area contributed by atoms with Gasteiger partial charge in [-0.2, -0.15) is 11.8 Å². The molecule has 0 heterocycles. The normalized spacial score (nSPS) is 25.3. The van der Waals surface area contributed by atoms with Crippen LogP contribution >= 0.6 is 24.2 Å². The van der Waals surface area contributed by atoms with Gasteiger partial charge >= 0.3 is 0 Å². The lowest BCUT2D eigenvalue weighted by Crippen LogP contribution is -2.52. The monoisotopic (exact) mass is 308 g/mol. The Balaban J connectivity index is 0.00000324. The molecule has 0 radical (unpaired) electrons. The fourth-order valence-corrected chi connectivity index (χ4v) is 3.52. The number of halogens is 1. The van der Waals surface area contributed by atoms with Gasteiger partial charge in [0.2, 0.25) is 5.91 Å². The summed E-state index contributed by atoms with van der Waals surface area (Å²) in [5.41, 5.74) is 5.82. The highest BCUT2D eigenvalue weighted by Crippen LogP contribution is 2.28. The molecule has 1 amide bonds. The van der Waals surface area contributed by atoms with Gasteiger partial charge in [-0.15, -0.1) is 12.4 Å². The van der Waals surface area contributed by atoms with Crippen molar-refractivity contribution in [1.29, 1.82) is 0 Å². The second-order valence-corrected chi connectivity index (χ2v) is 7.87. The van der Waals surface area contributed by atoms with Crippen LogP contribution in [0.15, 0.2) is 0 Å². The van der Waals surface area contributed by atoms with E-state index in [1.165, 1.54) is 12.8 Å². The van der Waals surface area contributed by atoms with Crippen LogP contribution in [-0.4, -0.2) is 29.0 Å². The van der Waals surface area contributed by atoms with Gasteiger partial charge in [-0.25, -0.2) is 0 Å². The molecule has 0 aromatic rings. The average Bonchev–Trinajstić information content (AvgIpc) is 2.27. The van der Waals surface area contributed by atoms with E-state index in [1.54, 1.807) is 0 Å². The summed E-state index contributed by atoms with van der Waals surface area (Å²) in [6, 6.07) is -0.0968. The molecule has 3 N–H and O–H groups in total. The lowest BCUT2D eigenvalue weighted by Gasteiger charge is -2.32. The summed E-state index contributed by atoms with van der Waals surface area (Å²) in [7, 11) is 0. The molecule has 114 valence electrons. The van der Waals surface area contributed by atoms with Gasteiger partial charge in [0.15, 0.2) is 0 Å². The van der Waals surface area contributed by atoms with Crippen LogP contribution in [0.5, 0.6) is 0 Å². The second kappa shape index (κ2) is 8.38. The largest absolute Gasteiger partial charge is 0.352 e. The van der Waals surface area contributed by atoms with Gasteiger partial charge in [0.1, 0.15) is 0 Å². The van der Waals surface area contributed by atoms with Crippen molar-refractivity contribution in [1.82, 2.24) is 5.32 Å². The van der Waals surface area contributed by atoms with E-state index in [1.807, 2.05) is 32.5 Å². The zero-order valence-electron chi connectivity index (χ0n) is 12.6. The van der Waals surface area contributed by atoms with Crippen LogP contribution in [0, 0.1) is 5.41 Å². The third-order valence-corrected chi connectivity index (χ3v) is 4.82. The Kier molecular flexibility index (Phi) is 8.41. The van der Waals surface area contributed by atoms with Crippen LogP contribution in [0.4, 0.5) is 0 Å². The minimum absolute atomic E-state index is 0. The molecule has 2 unspecified atom stereocenters. The molecular weight excluding hydrogens is 280 g/mol. The van der Waals surface area contributed by atoms with Crippen molar-refractivity contribution in [3.05, 3.63) is 0 Å². The fraction of sp³-hybridized carbons (Fsp3) is 0.929. The van der Waals surface area contributed by atoms with Gasteiger partial charge in [-0.05, 0) is 30.4 Å². The van der Waals surface area contributed by atoms with E-state index in [0.29, 0.717) is 11.3 Å². The molecule has 1 rings (SSSR count). The van der Waals surface area contributed by atoms with Crippen LogP contribution in [0.2, 0.25) is 0 Å². The third-order valence-electron chi connectivity index (χ3n) is 3.59. The first kappa shape index (κ1) is 19.1. The molecule has 5 heteroatoms. The summed E-state index contributed by atoms with van der Waals surface area (Å²) >= 11 is 2.01. The highest BCUT2D eigenvalue weighted by molar-refractivity contribution is 7.99. The Morgan fingerprint density at radius 1 is 1.42 bits per heavy atom. The molecule has 0 aromatic carbocycles. The summed E-state index contributed by atoms with van der Waals surface area (Å²) < 4.78 is 0. The van der Waals surface area contributed by atoms with Crippen LogP contribution in [0.25, 0.3) is 0 Å². The molecule has 0 aliphatic heterocycles. The first-order valence-corrected chi connectivity index (χ1v) is 8.07. The zero-order chi connectivity index (χ0) is 13.8. The van der Waals surface area contributed by atoms with E-state index >= 15 is 0 Å². The average molecular weight is 309 g/mol. The van der Waals surface area contributed by atoms with E-state index < -0.39 is 6.04 Å². The predicted molar refractivity (Wildman–Crippen MR) is 87.0 cm³/mol. The number of carbonyl (C=O) groups is 1. The summed E-state index contributed by atoms with van der Waals surface area (Å²) in [6.45, 7) is 8.22. The van der Waals surface area contributed by atoms with Gasteiger partial charge in [0.25, 0.3) is 0 Å². The van der Waals surface area contributed by atoms with Gasteiger partial charge in [-0.1, -0.05) is 34.1 Å². The lowest BCUT2D eigenvalue weighted by atomic mass is 9.86. The summed E-state index contributed by atoms with van der Waals surface area (Å²) in [5, 5.41) is 3.84. The lowest BCUT2D eigenvalue weighted by molar-refractivity contribution is -0.125. The molecular formula is C14H29ClN2OS. The Morgan fingerprint density at radius 3 is 2.58 bits per heavy atom. The molecule has 0 spiro atoms. The van der Waals surface area contributed by atoms with Crippen LogP contribution in [-0.2, 0) is 4.79 Å². The Labute approximate surface area is 128 Å². The van der Waals surface area contributed by atoms with Crippen molar-refractivity contribution in [2.24, 2.45) is 11.1 Å². The number of hydrogen-bond acceptors (Lipinski definition) is 3. The molecule has 3 atom stereocenters. The van der Waals surface area contributed by atoms with Gasteiger partial charge in [0.05, 0.1) is 6.04 Å². The molecule has 0 bridgehead atoms. The quantitative estimate of drug-likeness (QED) is 0.839. The molecule has 1 aliphatic carbocycles. The number of amides is 1. The van der Waals surface area contributed by atoms with Gasteiger partial charge in [-0.3, -0.25) is 4.79 Å². The minimum Gasteiger partial charge on any atom is -0.352 e. The maximum Gasteiger partial charge on any atom is 0.237 e. The number of nitrogens with one attached hydrogen (secondary N) is 1. The molecule has 3 nitrogen and oxygen atoms in total. The van der Waals surface area contributed by atoms with E-state index in [2.05, 4.69) is 12.2 Å². The van der Waals surface area contributed by atoms with Crippen molar-refractivity contribution in [2.45, 2.75) is 70.7 Å². The molecule has 0 aromatic heterocycles. The molecule has 19 heavy (non-hydrogen) atoms. The summed E-state index contributed by atoms with van der Waals surface area (Å²) in [6.07, 6.45) is 4.70. The number of carbonyl (C=O) groups excluding carboxylic acids is 1. The van der Waals surface area contributed by atoms with Crippen molar-refractivity contribution in [2.75, 3.05) is 5.75 Å². The smallest absolute Gasteiger partial charge is 0.237 e. The van der Waals surface area contributed by atoms with Crippen molar-refractivity contribution >= 4 is 30.1 Å². The van der Waals surface area contributed by atoms with Crippen LogP contribution in [0.3, 0.4) is 0 Å². The van der Waals surface area contributed by atoms with Crippen molar-refractivity contribution in [3.63, 3.8) is 0 Å². The molecule has 1 aliphatic rings. The van der Waals surface area contributed by atoms with E-state index in [4.69, 9.17) is 5.73 Å². The zero-order valence-corrected chi connectivity index (χ0v) is 14.2. The highest BCUT2D eigenvalue weighted by atomic mass is 35.5. The predicted octanol–water partition coefficient (Wildman–Crippen LogP) is 2.96. The van der Waals surface area contributed by atoms with E-state index in [0.717, 1.165) is 18.6 Å². The topological polar surface area (TPSA) is 55.1 Å². The standard InChI is InChI=1S/C14H28N2OS.ClH/c1-5-18-11-8-6-7-10(9-11)16-13(17)12(15)14(2,3)4;/h10-12H,5-9,15H2,1-4H3,(H,16,17);1H/t10?,11?,12-;/m1./s1. The summed E-state index contributed by atoms with van der Waals surface area (Å²) in [5.74, 6) is 1.17. The Bertz CT molecular complexity index is 279. The maximum atomic E-state index is 12.1. The number of nitrogens with two attached hydrogens (primary N) is 1. The third kappa shape index (κ3) is 6.37. The SMILES string of the molecule is CCSC1CCCC(NC(=O)[C@@H](N)C(C)(C)C)C1.Cl. The van der Waals surface area contributed by atoms with Crippen LogP contribution in [0.1, 0.15) is 53.4 Å². The van der Waals surface area contributed by atoms with E-state index in [9.17, 15) is 4.79 Å². The van der Waals surface area contributed by atoms with Crippen LogP contribution < -0.4 is 11.1 Å². The fourth-order valence-electron chi connectivity index (χ4n) is 2.35. The summed E-state index contributed by atoms with van der Waals surface area (Å²) in [4.78, 5) is 12.1. The number of hydrogen-bond donors (Lipinski definition) is 2. The molecule has 1 fully saturated rings. The Morgan fingerprint density at radius 2 is 2.05 bits per heavy atom. The molecule has 0 saturated heterocycles. The highest BCUT2D eigenvalue weighted by Gasteiger charge is 2.30. The first-order chi connectivity index (χ1) is 8.34. The van der Waals surface area contributed by atoms with Gasteiger partial charge < -0.3 is 11.1 Å². The minimum atomic E-state index is -0.420. The first-order valence-electron chi connectivity index (χ1n) is 7.02.